The van der Waals surface area contributed by atoms with Crippen molar-refractivity contribution in [3.8, 4) is 0 Å². The van der Waals surface area contributed by atoms with Crippen molar-refractivity contribution in [3.05, 3.63) is 23.7 Å². The van der Waals surface area contributed by atoms with Crippen LogP contribution in [0.15, 0.2) is 12.3 Å². The third-order valence-corrected chi connectivity index (χ3v) is 3.08. The smallest absolute Gasteiger partial charge is 0.326 e. The Hall–Kier alpha value is -1.91. The van der Waals surface area contributed by atoms with Gasteiger partial charge in [-0.25, -0.2) is 14.8 Å². The van der Waals surface area contributed by atoms with Gasteiger partial charge in [-0.15, -0.1) is 0 Å². The third-order valence-electron chi connectivity index (χ3n) is 3.08. The predicted octanol–water partition coefficient (Wildman–Crippen LogP) is 2.58. The molecule has 0 aliphatic rings. The highest BCUT2D eigenvalue weighted by Gasteiger charge is 2.22. The molecule has 2 rings (SSSR count). The van der Waals surface area contributed by atoms with Crippen LogP contribution < -0.4 is 0 Å². The van der Waals surface area contributed by atoms with Gasteiger partial charge in [0.05, 0.1) is 0 Å². The van der Waals surface area contributed by atoms with E-state index in [0.29, 0.717) is 11.6 Å². The molecule has 0 aromatic carbocycles. The quantitative estimate of drug-likeness (QED) is 0.918. The normalized spacial score (nSPS) is 13.1. The first-order valence-corrected chi connectivity index (χ1v) is 6.46. The second kappa shape index (κ2) is 4.99. The summed E-state index contributed by atoms with van der Waals surface area (Å²) in [6.07, 6.45) is 2.49. The van der Waals surface area contributed by atoms with E-state index in [1.807, 2.05) is 13.0 Å². The molecule has 0 saturated carbocycles. The second-order valence-electron chi connectivity index (χ2n) is 5.37. The summed E-state index contributed by atoms with van der Waals surface area (Å²) in [5.74, 6) is 0.335. The van der Waals surface area contributed by atoms with Crippen LogP contribution in [0.5, 0.6) is 0 Å². The van der Waals surface area contributed by atoms with Crippen LogP contribution in [0.25, 0.3) is 11.2 Å². The second-order valence-corrected chi connectivity index (χ2v) is 5.37. The number of carbonyl (C=O) groups is 1. The molecule has 0 aliphatic heterocycles. The number of nitrogens with zero attached hydrogens (tertiary/aromatic N) is 3. The Balaban J connectivity index is 2.64. The van der Waals surface area contributed by atoms with Crippen LogP contribution >= 0.6 is 0 Å². The molecule has 2 aromatic rings. The van der Waals surface area contributed by atoms with Gasteiger partial charge in [-0.2, -0.15) is 0 Å². The van der Waals surface area contributed by atoms with Gasteiger partial charge in [0.15, 0.2) is 5.65 Å². The first-order valence-electron chi connectivity index (χ1n) is 6.46. The summed E-state index contributed by atoms with van der Waals surface area (Å²) < 4.78 is 1.73. The molecule has 102 valence electrons. The highest BCUT2D eigenvalue weighted by molar-refractivity contribution is 5.77. The largest absolute Gasteiger partial charge is 0.480 e. The van der Waals surface area contributed by atoms with E-state index in [0.717, 1.165) is 23.3 Å². The van der Waals surface area contributed by atoms with E-state index in [9.17, 15) is 9.90 Å². The number of aryl methyl sites for hydroxylation is 1. The van der Waals surface area contributed by atoms with Crippen molar-refractivity contribution in [2.75, 3.05) is 0 Å². The molecule has 0 spiro atoms. The summed E-state index contributed by atoms with van der Waals surface area (Å²) in [5.41, 5.74) is 2.44. The van der Waals surface area contributed by atoms with E-state index in [2.05, 4.69) is 23.8 Å². The van der Waals surface area contributed by atoms with Gasteiger partial charge in [-0.1, -0.05) is 13.8 Å². The van der Waals surface area contributed by atoms with Gasteiger partial charge in [0.2, 0.25) is 0 Å². The minimum atomic E-state index is -0.869. The standard InChI is InChI=1S/C14H19N3O2/c1-8(2)5-12-16-11-6-9(3)7-15-13(11)17(12)10(4)14(18)19/h6-8,10H,5H2,1-4H3,(H,18,19). The average Bonchev–Trinajstić information content (AvgIpc) is 2.63. The summed E-state index contributed by atoms with van der Waals surface area (Å²) in [6, 6.07) is 1.28. The lowest BCUT2D eigenvalue weighted by Gasteiger charge is -2.14. The topological polar surface area (TPSA) is 68.0 Å². The summed E-state index contributed by atoms with van der Waals surface area (Å²) in [5, 5.41) is 9.25. The van der Waals surface area contributed by atoms with Crippen LogP contribution in [0.4, 0.5) is 0 Å². The predicted molar refractivity (Wildman–Crippen MR) is 73.2 cm³/mol. The summed E-state index contributed by atoms with van der Waals surface area (Å²) >= 11 is 0. The highest BCUT2D eigenvalue weighted by Crippen LogP contribution is 2.22. The lowest BCUT2D eigenvalue weighted by atomic mass is 10.1. The van der Waals surface area contributed by atoms with E-state index >= 15 is 0 Å². The minimum Gasteiger partial charge on any atom is -0.480 e. The number of imidazole rings is 1. The third kappa shape index (κ3) is 2.59. The number of carboxylic acids is 1. The molecule has 2 aromatic heterocycles. The van der Waals surface area contributed by atoms with Crippen LogP contribution in [-0.4, -0.2) is 25.6 Å². The molecule has 19 heavy (non-hydrogen) atoms. The summed E-state index contributed by atoms with van der Waals surface area (Å²) in [6.45, 7) is 7.80. The van der Waals surface area contributed by atoms with Gasteiger partial charge in [0.1, 0.15) is 17.4 Å². The molecule has 0 aliphatic carbocycles. The monoisotopic (exact) mass is 261 g/mol. The van der Waals surface area contributed by atoms with E-state index < -0.39 is 12.0 Å². The van der Waals surface area contributed by atoms with Crippen molar-refractivity contribution >= 4 is 17.1 Å². The van der Waals surface area contributed by atoms with Gasteiger partial charge >= 0.3 is 5.97 Å². The Morgan fingerprint density at radius 3 is 2.68 bits per heavy atom. The van der Waals surface area contributed by atoms with Crippen molar-refractivity contribution in [2.24, 2.45) is 5.92 Å². The zero-order valence-electron chi connectivity index (χ0n) is 11.7. The van der Waals surface area contributed by atoms with Crippen LogP contribution in [-0.2, 0) is 11.2 Å². The van der Waals surface area contributed by atoms with Crippen molar-refractivity contribution in [2.45, 2.75) is 40.2 Å². The molecule has 0 radical (unpaired) electrons. The number of hydrogen-bond donors (Lipinski definition) is 1. The maximum Gasteiger partial charge on any atom is 0.326 e. The van der Waals surface area contributed by atoms with Crippen LogP contribution in [0.1, 0.15) is 38.2 Å². The molecule has 0 saturated heterocycles. The Morgan fingerprint density at radius 1 is 1.42 bits per heavy atom. The van der Waals surface area contributed by atoms with Gasteiger partial charge in [0, 0.05) is 12.6 Å². The molecule has 5 nitrogen and oxygen atoms in total. The highest BCUT2D eigenvalue weighted by atomic mass is 16.4. The average molecular weight is 261 g/mol. The molecule has 0 bridgehead atoms. The molecule has 1 unspecified atom stereocenters. The number of aliphatic carboxylic acids is 1. The Morgan fingerprint density at radius 2 is 2.11 bits per heavy atom. The van der Waals surface area contributed by atoms with Crippen molar-refractivity contribution in [1.29, 1.82) is 0 Å². The molecule has 0 amide bonds. The number of pyridine rings is 1. The number of aromatic nitrogens is 3. The van der Waals surface area contributed by atoms with Crippen LogP contribution in [0, 0.1) is 12.8 Å². The number of fused-ring (bicyclic) bond motifs is 1. The van der Waals surface area contributed by atoms with Crippen molar-refractivity contribution in [1.82, 2.24) is 14.5 Å². The van der Waals surface area contributed by atoms with Crippen LogP contribution in [0.3, 0.4) is 0 Å². The lowest BCUT2D eigenvalue weighted by molar-refractivity contribution is -0.140. The minimum absolute atomic E-state index is 0.414. The fourth-order valence-corrected chi connectivity index (χ4v) is 2.16. The maximum atomic E-state index is 11.3. The Labute approximate surface area is 112 Å². The summed E-state index contributed by atoms with van der Waals surface area (Å²) in [7, 11) is 0. The molecule has 2 heterocycles. The van der Waals surface area contributed by atoms with Gasteiger partial charge in [-0.3, -0.25) is 4.57 Å². The molecule has 0 fully saturated rings. The van der Waals surface area contributed by atoms with Crippen molar-refractivity contribution in [3.63, 3.8) is 0 Å². The zero-order chi connectivity index (χ0) is 14.2. The fraction of sp³-hybridized carbons (Fsp3) is 0.500. The lowest BCUT2D eigenvalue weighted by Crippen LogP contribution is -2.19. The number of hydrogen-bond acceptors (Lipinski definition) is 3. The molecular formula is C14H19N3O2. The number of rotatable bonds is 4. The SMILES string of the molecule is Cc1cnc2c(c1)nc(CC(C)C)n2C(C)C(=O)O. The zero-order valence-corrected chi connectivity index (χ0v) is 11.7. The molecule has 5 heteroatoms. The first-order chi connectivity index (χ1) is 8.90. The van der Waals surface area contributed by atoms with E-state index in [-0.39, 0.29) is 0 Å². The van der Waals surface area contributed by atoms with E-state index in [1.54, 1.807) is 17.7 Å². The van der Waals surface area contributed by atoms with Gasteiger partial charge in [0.25, 0.3) is 0 Å². The van der Waals surface area contributed by atoms with Crippen molar-refractivity contribution < 1.29 is 9.90 Å². The molecule has 1 N–H and O–H groups in total. The van der Waals surface area contributed by atoms with E-state index in [4.69, 9.17) is 0 Å². The van der Waals surface area contributed by atoms with Crippen LogP contribution in [0.2, 0.25) is 0 Å². The number of carboxylic acid groups (broad SMARTS) is 1. The van der Waals surface area contributed by atoms with Gasteiger partial charge < -0.3 is 5.11 Å². The first kappa shape index (κ1) is 13.5. The molecule has 1 atom stereocenters. The van der Waals surface area contributed by atoms with E-state index in [1.165, 1.54) is 0 Å². The Kier molecular flexibility index (Phi) is 3.55. The maximum absolute atomic E-state index is 11.3. The Bertz CT molecular complexity index is 616. The summed E-state index contributed by atoms with van der Waals surface area (Å²) in [4.78, 5) is 20.2. The molecular weight excluding hydrogens is 242 g/mol. The van der Waals surface area contributed by atoms with Gasteiger partial charge in [-0.05, 0) is 31.4 Å². The fourth-order valence-electron chi connectivity index (χ4n) is 2.16.